The zero-order valence-electron chi connectivity index (χ0n) is 23.1. The van der Waals surface area contributed by atoms with Crippen LogP contribution in [0.2, 0.25) is 0 Å². The van der Waals surface area contributed by atoms with Gasteiger partial charge in [0.1, 0.15) is 0 Å². The van der Waals surface area contributed by atoms with Crippen molar-refractivity contribution in [1.82, 2.24) is 0 Å². The topological polar surface area (TPSA) is 12.0 Å². The van der Waals surface area contributed by atoms with E-state index in [1.54, 1.807) is 0 Å². The highest BCUT2D eigenvalue weighted by Gasteiger charge is 2.35. The highest BCUT2D eigenvalue weighted by atomic mass is 14.9. The molecule has 0 saturated carbocycles. The first kappa shape index (κ1) is 24.4. The minimum atomic E-state index is -0.0258. The fourth-order valence-electron chi connectivity index (χ4n) is 6.06. The average Bonchev–Trinajstić information content (AvgIpc) is 3.05. The maximum atomic E-state index is 3.86. The van der Waals surface area contributed by atoms with E-state index >= 15 is 0 Å². The van der Waals surface area contributed by atoms with Gasteiger partial charge in [0.25, 0.3) is 0 Å². The molecule has 0 fully saturated rings. The van der Waals surface area contributed by atoms with Gasteiger partial charge >= 0.3 is 0 Å². The van der Waals surface area contributed by atoms with Gasteiger partial charge in [-0.05, 0) is 73.5 Å². The third-order valence-electron chi connectivity index (χ3n) is 7.65. The summed E-state index contributed by atoms with van der Waals surface area (Å²) >= 11 is 0. The van der Waals surface area contributed by atoms with Crippen LogP contribution in [0.4, 0.5) is 11.4 Å². The van der Waals surface area contributed by atoms with Gasteiger partial charge in [-0.1, -0.05) is 122 Å². The average molecular weight is 474 g/mol. The monoisotopic (exact) mass is 473 g/mol. The van der Waals surface area contributed by atoms with E-state index in [0.717, 1.165) is 5.69 Å². The lowest BCUT2D eigenvalue weighted by molar-refractivity contribution is 0.533. The number of benzene rings is 4. The van der Waals surface area contributed by atoms with Crippen molar-refractivity contribution in [3.8, 4) is 22.3 Å². The van der Waals surface area contributed by atoms with Crippen molar-refractivity contribution in [1.29, 1.82) is 0 Å². The number of fused-ring (bicyclic) bond motifs is 3. The molecule has 0 unspecified atom stereocenters. The van der Waals surface area contributed by atoms with Crippen LogP contribution in [0.3, 0.4) is 0 Å². The van der Waals surface area contributed by atoms with Crippen molar-refractivity contribution in [3.05, 3.63) is 107 Å². The highest BCUT2D eigenvalue weighted by Crippen LogP contribution is 2.50. The molecule has 0 aromatic heterocycles. The number of rotatable bonds is 3. The number of hydrogen-bond acceptors (Lipinski definition) is 1. The van der Waals surface area contributed by atoms with Crippen molar-refractivity contribution in [2.45, 2.75) is 71.6 Å². The Morgan fingerprint density at radius 2 is 1.14 bits per heavy atom. The summed E-state index contributed by atoms with van der Waals surface area (Å²) in [7, 11) is 0. The molecule has 0 radical (unpaired) electrons. The Morgan fingerprint density at radius 3 is 1.81 bits per heavy atom. The standard InChI is InChI=1S/C35H39N/c1-33(2,3)31-25(23-14-10-9-11-15-23)20-21-30(32(31)34(4,5)6)36-24-18-19-27-26-16-12-13-17-28(26)35(7,8)29(27)22-24/h9-22,36H,1-8H3. The minimum absolute atomic E-state index is 0.00690. The van der Waals surface area contributed by atoms with Crippen LogP contribution in [-0.2, 0) is 16.2 Å². The summed E-state index contributed by atoms with van der Waals surface area (Å²) in [5.41, 5.74) is 13.2. The predicted molar refractivity (Wildman–Crippen MR) is 157 cm³/mol. The van der Waals surface area contributed by atoms with E-state index < -0.39 is 0 Å². The summed E-state index contributed by atoms with van der Waals surface area (Å²) in [6, 6.07) is 31.1. The van der Waals surface area contributed by atoms with Crippen LogP contribution in [0, 0.1) is 0 Å². The molecule has 4 aromatic carbocycles. The van der Waals surface area contributed by atoms with Gasteiger partial charge in [0, 0.05) is 16.8 Å². The van der Waals surface area contributed by atoms with Crippen molar-refractivity contribution in [3.63, 3.8) is 0 Å². The van der Waals surface area contributed by atoms with Gasteiger partial charge in [-0.25, -0.2) is 0 Å². The van der Waals surface area contributed by atoms with E-state index in [2.05, 4.69) is 146 Å². The fourth-order valence-corrected chi connectivity index (χ4v) is 6.06. The first-order valence-corrected chi connectivity index (χ1v) is 13.1. The Hall–Kier alpha value is -3.32. The zero-order chi connectivity index (χ0) is 25.9. The molecule has 5 rings (SSSR count). The normalized spacial score (nSPS) is 14.3. The molecule has 1 N–H and O–H groups in total. The van der Waals surface area contributed by atoms with Crippen molar-refractivity contribution >= 4 is 11.4 Å². The Balaban J connectivity index is 1.66. The first-order valence-electron chi connectivity index (χ1n) is 13.1. The summed E-state index contributed by atoms with van der Waals surface area (Å²) in [6.07, 6.45) is 0. The van der Waals surface area contributed by atoms with Crippen LogP contribution in [-0.4, -0.2) is 0 Å². The summed E-state index contributed by atoms with van der Waals surface area (Å²) in [6.45, 7) is 18.7. The lowest BCUT2D eigenvalue weighted by Gasteiger charge is -2.35. The quantitative estimate of drug-likeness (QED) is 0.312. The molecule has 0 spiro atoms. The maximum absolute atomic E-state index is 3.86. The Kier molecular flexibility index (Phi) is 5.67. The Labute approximate surface area is 217 Å². The van der Waals surface area contributed by atoms with Crippen LogP contribution in [0.1, 0.15) is 77.6 Å². The molecular formula is C35H39N. The van der Waals surface area contributed by atoms with Crippen LogP contribution in [0.25, 0.3) is 22.3 Å². The van der Waals surface area contributed by atoms with E-state index in [1.165, 1.54) is 50.2 Å². The van der Waals surface area contributed by atoms with Gasteiger partial charge in [0.2, 0.25) is 0 Å². The molecule has 0 saturated heterocycles. The summed E-state index contributed by atoms with van der Waals surface area (Å²) < 4.78 is 0. The molecule has 1 nitrogen and oxygen atoms in total. The Morgan fingerprint density at radius 1 is 0.556 bits per heavy atom. The second-order valence-corrected chi connectivity index (χ2v) is 12.8. The van der Waals surface area contributed by atoms with Crippen LogP contribution in [0.5, 0.6) is 0 Å². The van der Waals surface area contributed by atoms with Gasteiger partial charge in [-0.3, -0.25) is 0 Å². The van der Waals surface area contributed by atoms with Gasteiger partial charge in [-0.15, -0.1) is 0 Å². The summed E-state index contributed by atoms with van der Waals surface area (Å²) in [4.78, 5) is 0. The molecule has 4 aromatic rings. The van der Waals surface area contributed by atoms with Crippen molar-refractivity contribution in [2.75, 3.05) is 5.32 Å². The molecule has 1 aliphatic rings. The molecule has 0 amide bonds. The van der Waals surface area contributed by atoms with Crippen LogP contribution < -0.4 is 5.32 Å². The van der Waals surface area contributed by atoms with Crippen LogP contribution >= 0.6 is 0 Å². The number of nitrogens with one attached hydrogen (secondary N) is 1. The SMILES string of the molecule is CC(C)(C)c1c(Nc2ccc3c(c2)C(C)(C)c2ccccc2-3)ccc(-c2ccccc2)c1C(C)(C)C. The third-order valence-corrected chi connectivity index (χ3v) is 7.65. The van der Waals surface area contributed by atoms with Gasteiger partial charge in [-0.2, -0.15) is 0 Å². The zero-order valence-corrected chi connectivity index (χ0v) is 23.1. The summed E-state index contributed by atoms with van der Waals surface area (Å²) in [5.74, 6) is 0. The molecule has 184 valence electrons. The molecular weight excluding hydrogens is 434 g/mol. The van der Waals surface area contributed by atoms with E-state index in [-0.39, 0.29) is 16.2 Å². The van der Waals surface area contributed by atoms with Crippen LogP contribution in [0.15, 0.2) is 84.9 Å². The third kappa shape index (κ3) is 4.05. The number of hydrogen-bond donors (Lipinski definition) is 1. The predicted octanol–water partition coefficient (Wildman–Crippen LogP) is 10.00. The van der Waals surface area contributed by atoms with Crippen molar-refractivity contribution < 1.29 is 0 Å². The molecule has 0 atom stereocenters. The molecule has 0 heterocycles. The van der Waals surface area contributed by atoms with Crippen molar-refractivity contribution in [2.24, 2.45) is 0 Å². The Bertz CT molecular complexity index is 1430. The smallest absolute Gasteiger partial charge is 0.0425 e. The van der Waals surface area contributed by atoms with E-state index in [4.69, 9.17) is 0 Å². The minimum Gasteiger partial charge on any atom is -0.355 e. The van der Waals surface area contributed by atoms with Gasteiger partial charge in [0.15, 0.2) is 0 Å². The van der Waals surface area contributed by atoms with E-state index in [1.807, 2.05) is 0 Å². The van der Waals surface area contributed by atoms with E-state index in [0.29, 0.717) is 0 Å². The number of anilines is 2. The van der Waals surface area contributed by atoms with Gasteiger partial charge in [0.05, 0.1) is 0 Å². The highest BCUT2D eigenvalue weighted by molar-refractivity contribution is 5.84. The molecule has 1 aliphatic carbocycles. The second kappa shape index (κ2) is 8.37. The lowest BCUT2D eigenvalue weighted by Crippen LogP contribution is -2.24. The molecule has 36 heavy (non-hydrogen) atoms. The first-order chi connectivity index (χ1) is 16.9. The molecule has 1 heteroatoms. The maximum Gasteiger partial charge on any atom is 0.0425 e. The molecule has 0 bridgehead atoms. The largest absolute Gasteiger partial charge is 0.355 e. The molecule has 0 aliphatic heterocycles. The lowest BCUT2D eigenvalue weighted by atomic mass is 9.71. The summed E-state index contributed by atoms with van der Waals surface area (Å²) in [5, 5.41) is 3.86. The van der Waals surface area contributed by atoms with Gasteiger partial charge < -0.3 is 5.32 Å². The second-order valence-electron chi connectivity index (χ2n) is 12.8. The fraction of sp³-hybridized carbons (Fsp3) is 0.314. The van der Waals surface area contributed by atoms with E-state index in [9.17, 15) is 0 Å².